The molecule has 3 N–H and O–H groups in total. The van der Waals surface area contributed by atoms with E-state index in [9.17, 15) is 13.6 Å². The first-order valence-electron chi connectivity index (χ1n) is 10.7. The third-order valence-corrected chi connectivity index (χ3v) is 5.56. The van der Waals surface area contributed by atoms with Crippen molar-refractivity contribution in [2.75, 3.05) is 25.5 Å². The van der Waals surface area contributed by atoms with E-state index in [-0.39, 0.29) is 23.6 Å². The molecule has 0 bridgehead atoms. The maximum absolute atomic E-state index is 13.7. The minimum absolute atomic E-state index is 0.0476. The Morgan fingerprint density at radius 3 is 2.73 bits per heavy atom. The first-order chi connectivity index (χ1) is 16.0. The molecule has 1 amide bonds. The molecule has 0 radical (unpaired) electrons. The predicted molar refractivity (Wildman–Crippen MR) is 123 cm³/mol. The van der Waals surface area contributed by atoms with E-state index >= 15 is 0 Å². The molecule has 1 fully saturated rings. The Labute approximate surface area is 190 Å². The van der Waals surface area contributed by atoms with E-state index in [2.05, 4.69) is 25.9 Å². The fraction of sp³-hybridized carbons (Fsp3) is 0.292. The maximum atomic E-state index is 13.7. The van der Waals surface area contributed by atoms with E-state index in [1.54, 1.807) is 12.1 Å². The van der Waals surface area contributed by atoms with E-state index in [0.29, 0.717) is 42.1 Å². The number of halogens is 2. The molecular formula is C24H25F2N5O2. The van der Waals surface area contributed by atoms with E-state index in [0.717, 1.165) is 6.42 Å². The van der Waals surface area contributed by atoms with Crippen LogP contribution in [0.25, 0.3) is 17.1 Å². The fourth-order valence-electron chi connectivity index (χ4n) is 3.77. The molecule has 1 aliphatic rings. The topological polar surface area (TPSA) is 88.2 Å². The van der Waals surface area contributed by atoms with Gasteiger partial charge in [-0.3, -0.25) is 4.79 Å². The van der Waals surface area contributed by atoms with Crippen LogP contribution in [-0.2, 0) is 4.79 Å². The van der Waals surface area contributed by atoms with Crippen molar-refractivity contribution in [1.82, 2.24) is 20.6 Å². The summed E-state index contributed by atoms with van der Waals surface area (Å²) in [6, 6.07) is 9.03. The SMILES string of the molecule is COc1cnc2cccc(NC(=O)C3CCC(NC/C=C/c4c(F)cccc4F)CN3)c2n1. The van der Waals surface area contributed by atoms with Crippen LogP contribution in [0.2, 0.25) is 0 Å². The van der Waals surface area contributed by atoms with Gasteiger partial charge in [-0.15, -0.1) is 0 Å². The first kappa shape index (κ1) is 22.8. The number of carbonyl (C=O) groups is 1. The molecule has 0 spiro atoms. The number of aromatic nitrogens is 2. The van der Waals surface area contributed by atoms with Crippen molar-refractivity contribution in [3.63, 3.8) is 0 Å². The van der Waals surface area contributed by atoms with Crippen LogP contribution in [0.4, 0.5) is 14.5 Å². The summed E-state index contributed by atoms with van der Waals surface area (Å²) in [7, 11) is 1.52. The van der Waals surface area contributed by atoms with Gasteiger partial charge in [0.25, 0.3) is 0 Å². The Hall–Kier alpha value is -3.43. The highest BCUT2D eigenvalue weighted by Gasteiger charge is 2.25. The number of para-hydroxylation sites is 1. The molecule has 2 unspecified atom stereocenters. The molecule has 0 saturated carbocycles. The molecule has 33 heavy (non-hydrogen) atoms. The molecule has 1 saturated heterocycles. The number of benzene rings is 2. The number of methoxy groups -OCH3 is 1. The molecule has 0 aliphatic carbocycles. The smallest absolute Gasteiger partial charge is 0.241 e. The summed E-state index contributed by atoms with van der Waals surface area (Å²) in [6.45, 7) is 1.07. The summed E-state index contributed by atoms with van der Waals surface area (Å²) in [5, 5.41) is 9.52. The highest BCUT2D eigenvalue weighted by Crippen LogP contribution is 2.23. The summed E-state index contributed by atoms with van der Waals surface area (Å²) in [4.78, 5) is 21.5. The number of rotatable bonds is 7. The molecule has 2 aromatic carbocycles. The largest absolute Gasteiger partial charge is 0.480 e. The molecule has 4 rings (SSSR count). The zero-order chi connectivity index (χ0) is 23.2. The molecule has 9 heteroatoms. The van der Waals surface area contributed by atoms with Crippen molar-refractivity contribution in [3.05, 3.63) is 65.9 Å². The van der Waals surface area contributed by atoms with Gasteiger partial charge in [-0.1, -0.05) is 24.3 Å². The van der Waals surface area contributed by atoms with Crippen molar-refractivity contribution < 1.29 is 18.3 Å². The van der Waals surface area contributed by atoms with Gasteiger partial charge in [-0.25, -0.2) is 18.7 Å². The normalized spacial score (nSPS) is 18.5. The summed E-state index contributed by atoms with van der Waals surface area (Å²) < 4.78 is 32.5. The first-order valence-corrected chi connectivity index (χ1v) is 10.7. The lowest BCUT2D eigenvalue weighted by molar-refractivity contribution is -0.118. The number of nitrogens with zero attached hydrogens (tertiary/aromatic N) is 2. The molecule has 1 aliphatic heterocycles. The van der Waals surface area contributed by atoms with Crippen molar-refractivity contribution in [2.24, 2.45) is 0 Å². The molecular weight excluding hydrogens is 428 g/mol. The Kier molecular flexibility index (Phi) is 7.21. The second kappa shape index (κ2) is 10.5. The van der Waals surface area contributed by atoms with Gasteiger partial charge >= 0.3 is 0 Å². The highest BCUT2D eigenvalue weighted by molar-refractivity contribution is 6.01. The number of anilines is 1. The molecule has 172 valence electrons. The third-order valence-electron chi connectivity index (χ3n) is 5.56. The van der Waals surface area contributed by atoms with Gasteiger partial charge in [-0.2, -0.15) is 0 Å². The number of hydrogen-bond acceptors (Lipinski definition) is 6. The Bertz CT molecular complexity index is 1140. The summed E-state index contributed by atoms with van der Waals surface area (Å²) in [5.74, 6) is -0.939. The average Bonchev–Trinajstić information content (AvgIpc) is 2.83. The van der Waals surface area contributed by atoms with Gasteiger partial charge in [0, 0.05) is 24.7 Å². The number of fused-ring (bicyclic) bond motifs is 1. The van der Waals surface area contributed by atoms with Crippen LogP contribution < -0.4 is 20.7 Å². The second-order valence-electron chi connectivity index (χ2n) is 7.76. The van der Waals surface area contributed by atoms with Gasteiger partial charge in [0.15, 0.2) is 0 Å². The third kappa shape index (κ3) is 5.50. The van der Waals surface area contributed by atoms with Gasteiger partial charge < -0.3 is 20.7 Å². The standard InChI is InChI=1S/C24H25F2N5O2/c1-33-22-14-29-19-8-3-9-20(23(19)31-22)30-24(32)21-11-10-15(13-28-21)27-12-4-5-16-17(25)6-2-7-18(16)26/h2-9,14-15,21,27-28H,10-13H2,1H3,(H,30,32)/b5-4+. The van der Waals surface area contributed by atoms with Crippen LogP contribution in [0.15, 0.2) is 48.7 Å². The minimum Gasteiger partial charge on any atom is -0.480 e. The van der Waals surface area contributed by atoms with Gasteiger partial charge in [0.1, 0.15) is 17.2 Å². The number of carbonyl (C=O) groups excluding carboxylic acids is 1. The van der Waals surface area contributed by atoms with E-state index in [4.69, 9.17) is 4.74 Å². The Morgan fingerprint density at radius 1 is 1.21 bits per heavy atom. The van der Waals surface area contributed by atoms with Gasteiger partial charge in [0.2, 0.25) is 11.8 Å². The molecule has 1 aromatic heterocycles. The average molecular weight is 453 g/mol. The Balaban J connectivity index is 1.28. The van der Waals surface area contributed by atoms with E-state index in [1.165, 1.54) is 37.6 Å². The van der Waals surface area contributed by atoms with E-state index in [1.807, 2.05) is 12.1 Å². The Morgan fingerprint density at radius 2 is 2.00 bits per heavy atom. The van der Waals surface area contributed by atoms with Crippen LogP contribution in [0, 0.1) is 11.6 Å². The van der Waals surface area contributed by atoms with Crippen molar-refractivity contribution in [3.8, 4) is 5.88 Å². The lowest BCUT2D eigenvalue weighted by Crippen LogP contribution is -2.52. The molecule has 2 atom stereocenters. The molecule has 7 nitrogen and oxygen atoms in total. The quantitative estimate of drug-likeness (QED) is 0.509. The van der Waals surface area contributed by atoms with Crippen molar-refractivity contribution >= 4 is 28.7 Å². The monoisotopic (exact) mass is 453 g/mol. The fourth-order valence-corrected chi connectivity index (χ4v) is 3.77. The zero-order valence-corrected chi connectivity index (χ0v) is 18.1. The van der Waals surface area contributed by atoms with Gasteiger partial charge in [0.05, 0.1) is 30.6 Å². The number of amides is 1. The minimum atomic E-state index is -0.588. The van der Waals surface area contributed by atoms with Crippen LogP contribution >= 0.6 is 0 Å². The van der Waals surface area contributed by atoms with Gasteiger partial charge in [-0.05, 0) is 37.1 Å². The lowest BCUT2D eigenvalue weighted by Gasteiger charge is -2.29. The van der Waals surface area contributed by atoms with Crippen LogP contribution in [0.3, 0.4) is 0 Å². The zero-order valence-electron chi connectivity index (χ0n) is 18.1. The molecule has 2 heterocycles. The summed E-state index contributed by atoms with van der Waals surface area (Å²) >= 11 is 0. The number of nitrogens with one attached hydrogen (secondary N) is 3. The van der Waals surface area contributed by atoms with E-state index < -0.39 is 11.6 Å². The van der Waals surface area contributed by atoms with Crippen LogP contribution in [0.1, 0.15) is 18.4 Å². The summed E-state index contributed by atoms with van der Waals surface area (Å²) in [5.41, 5.74) is 1.77. The van der Waals surface area contributed by atoms with Crippen molar-refractivity contribution in [1.29, 1.82) is 0 Å². The maximum Gasteiger partial charge on any atom is 0.241 e. The molecule has 3 aromatic rings. The second-order valence-corrected chi connectivity index (χ2v) is 7.76. The number of ether oxygens (including phenoxy) is 1. The number of hydrogen-bond donors (Lipinski definition) is 3. The lowest BCUT2D eigenvalue weighted by atomic mass is 10.00. The van der Waals surface area contributed by atoms with Crippen LogP contribution in [0.5, 0.6) is 5.88 Å². The summed E-state index contributed by atoms with van der Waals surface area (Å²) in [6.07, 6.45) is 6.10. The predicted octanol–water partition coefficient (Wildman–Crippen LogP) is 3.28. The highest BCUT2D eigenvalue weighted by atomic mass is 19.1. The van der Waals surface area contributed by atoms with Crippen molar-refractivity contribution in [2.45, 2.75) is 24.9 Å². The van der Waals surface area contributed by atoms with Crippen LogP contribution in [-0.4, -0.2) is 48.2 Å². The number of piperidine rings is 1.